The third kappa shape index (κ3) is 4.16. The average molecular weight is 470 g/mol. The zero-order valence-electron chi connectivity index (χ0n) is 19.9. The first-order chi connectivity index (χ1) is 16.8. The number of hydrogen-bond acceptors (Lipinski definition) is 5. The molecule has 2 aliphatic rings. The van der Waals surface area contributed by atoms with E-state index >= 15 is 0 Å². The molecule has 6 nitrogen and oxygen atoms in total. The largest absolute Gasteiger partial charge is 0.507 e. The number of carbonyl (C=O) groups excluding carboxylic acids is 2. The Morgan fingerprint density at radius 3 is 2.54 bits per heavy atom. The van der Waals surface area contributed by atoms with E-state index in [0.717, 1.165) is 11.3 Å². The Morgan fingerprint density at radius 2 is 1.80 bits per heavy atom. The van der Waals surface area contributed by atoms with Gasteiger partial charge in [0.1, 0.15) is 23.4 Å². The molecule has 6 heteroatoms. The monoisotopic (exact) mass is 469 g/mol. The summed E-state index contributed by atoms with van der Waals surface area (Å²) in [4.78, 5) is 28.1. The van der Waals surface area contributed by atoms with Gasteiger partial charge in [0.2, 0.25) is 0 Å². The van der Waals surface area contributed by atoms with E-state index in [-0.39, 0.29) is 23.5 Å². The van der Waals surface area contributed by atoms with Crippen LogP contribution in [-0.4, -0.2) is 29.0 Å². The van der Waals surface area contributed by atoms with Crippen LogP contribution in [0.25, 0.3) is 5.76 Å². The number of para-hydroxylation sites is 1. The maximum Gasteiger partial charge on any atom is 0.300 e. The van der Waals surface area contributed by atoms with Crippen molar-refractivity contribution in [2.24, 2.45) is 0 Å². The van der Waals surface area contributed by atoms with E-state index in [2.05, 4.69) is 0 Å². The van der Waals surface area contributed by atoms with Crippen LogP contribution in [-0.2, 0) is 16.0 Å². The summed E-state index contributed by atoms with van der Waals surface area (Å²) in [5.74, 6) is -0.217. The maximum absolute atomic E-state index is 13.4. The number of aliphatic hydroxyl groups is 1. The van der Waals surface area contributed by atoms with Crippen molar-refractivity contribution in [2.45, 2.75) is 45.4 Å². The van der Waals surface area contributed by atoms with Crippen molar-refractivity contribution in [3.05, 3.63) is 95.1 Å². The second kappa shape index (κ2) is 8.95. The van der Waals surface area contributed by atoms with Crippen LogP contribution in [0.5, 0.6) is 11.5 Å². The van der Waals surface area contributed by atoms with Crippen molar-refractivity contribution in [2.75, 3.05) is 4.90 Å². The summed E-state index contributed by atoms with van der Waals surface area (Å²) in [6, 6.07) is 20.9. The lowest BCUT2D eigenvalue weighted by Gasteiger charge is -2.26. The highest BCUT2D eigenvalue weighted by atomic mass is 16.5. The van der Waals surface area contributed by atoms with Gasteiger partial charge in [-0.2, -0.15) is 0 Å². The number of anilines is 1. The molecule has 0 bridgehead atoms. The van der Waals surface area contributed by atoms with Gasteiger partial charge in [0.05, 0.1) is 17.7 Å². The lowest BCUT2D eigenvalue weighted by atomic mass is 9.94. The Labute approximate surface area is 204 Å². The van der Waals surface area contributed by atoms with Gasteiger partial charge in [0.25, 0.3) is 11.7 Å². The van der Waals surface area contributed by atoms with Crippen LogP contribution in [0.15, 0.2) is 78.4 Å². The molecule has 2 aliphatic heterocycles. The Hall–Kier alpha value is -4.06. The quantitative estimate of drug-likeness (QED) is 0.307. The van der Waals surface area contributed by atoms with Gasteiger partial charge in [-0.15, -0.1) is 0 Å². The highest BCUT2D eigenvalue weighted by Crippen LogP contribution is 2.43. The van der Waals surface area contributed by atoms with Crippen molar-refractivity contribution in [1.82, 2.24) is 0 Å². The Kier molecular flexibility index (Phi) is 5.81. The van der Waals surface area contributed by atoms with Crippen LogP contribution in [0.4, 0.5) is 5.69 Å². The highest BCUT2D eigenvalue weighted by molar-refractivity contribution is 6.51. The number of aliphatic hydroxyl groups excluding tert-OH is 1. The van der Waals surface area contributed by atoms with Gasteiger partial charge in [0, 0.05) is 17.7 Å². The molecule has 0 spiro atoms. The molecule has 2 atom stereocenters. The summed E-state index contributed by atoms with van der Waals surface area (Å²) < 4.78 is 11.6. The predicted molar refractivity (Wildman–Crippen MR) is 134 cm³/mol. The molecule has 1 fully saturated rings. The number of Topliss-reactive ketones (excluding diaryl/α,β-unsaturated/α-hetero) is 1. The Morgan fingerprint density at radius 1 is 1.03 bits per heavy atom. The minimum Gasteiger partial charge on any atom is -0.507 e. The van der Waals surface area contributed by atoms with Crippen molar-refractivity contribution in [1.29, 1.82) is 0 Å². The standard InChI is InChI=1S/C29H27NO5/c1-17(2)34-23-11-7-8-19(16-23)26-25(28(32)29(33)30(26)22-9-5-4-6-10-22)27(31)20-12-13-24-21(15-20)14-18(3)35-24/h4-13,15-18,26,31H,14H2,1-3H3/b27-25-. The van der Waals surface area contributed by atoms with Crippen molar-refractivity contribution < 1.29 is 24.2 Å². The SMILES string of the molecule is CC(C)Oc1cccc(C2/C(=C(/O)c3ccc4c(c3)CC(C)O4)C(=O)C(=O)N2c2ccccc2)c1. The first kappa shape index (κ1) is 22.7. The minimum atomic E-state index is -0.809. The molecule has 0 saturated carbocycles. The molecule has 0 aliphatic carbocycles. The second-order valence-corrected chi connectivity index (χ2v) is 9.20. The lowest BCUT2D eigenvalue weighted by molar-refractivity contribution is -0.132. The average Bonchev–Trinajstić information content (AvgIpc) is 3.34. The van der Waals surface area contributed by atoms with Crippen LogP contribution in [0.3, 0.4) is 0 Å². The number of carbonyl (C=O) groups is 2. The van der Waals surface area contributed by atoms with Gasteiger partial charge in [-0.25, -0.2) is 0 Å². The number of nitrogens with zero attached hydrogens (tertiary/aromatic N) is 1. The second-order valence-electron chi connectivity index (χ2n) is 9.20. The lowest BCUT2D eigenvalue weighted by Crippen LogP contribution is -2.29. The van der Waals surface area contributed by atoms with Gasteiger partial charge < -0.3 is 14.6 Å². The first-order valence-corrected chi connectivity index (χ1v) is 11.8. The van der Waals surface area contributed by atoms with Crippen LogP contribution >= 0.6 is 0 Å². The first-order valence-electron chi connectivity index (χ1n) is 11.8. The molecular weight excluding hydrogens is 442 g/mol. The number of benzene rings is 3. The van der Waals surface area contributed by atoms with Gasteiger partial charge >= 0.3 is 0 Å². The minimum absolute atomic E-state index is 0.0400. The Bertz CT molecular complexity index is 1330. The van der Waals surface area contributed by atoms with Gasteiger partial charge in [-0.3, -0.25) is 14.5 Å². The van der Waals surface area contributed by atoms with Crippen LogP contribution in [0, 0.1) is 0 Å². The molecule has 2 unspecified atom stereocenters. The highest BCUT2D eigenvalue weighted by Gasteiger charge is 2.47. The topological polar surface area (TPSA) is 76.1 Å². The molecular formula is C29H27NO5. The summed E-state index contributed by atoms with van der Waals surface area (Å²) in [6.45, 7) is 5.85. The molecule has 178 valence electrons. The van der Waals surface area contributed by atoms with Gasteiger partial charge in [-0.1, -0.05) is 30.3 Å². The van der Waals surface area contributed by atoms with Crippen molar-refractivity contribution >= 4 is 23.1 Å². The molecule has 35 heavy (non-hydrogen) atoms. The number of amides is 1. The molecule has 1 amide bonds. The molecule has 3 aromatic rings. The molecule has 3 aromatic carbocycles. The van der Waals surface area contributed by atoms with Crippen molar-refractivity contribution in [3.63, 3.8) is 0 Å². The fraction of sp³-hybridized carbons (Fsp3) is 0.241. The molecule has 1 saturated heterocycles. The van der Waals surface area contributed by atoms with Crippen LogP contribution in [0.2, 0.25) is 0 Å². The fourth-order valence-corrected chi connectivity index (χ4v) is 4.76. The predicted octanol–water partition coefficient (Wildman–Crippen LogP) is 5.42. The third-order valence-corrected chi connectivity index (χ3v) is 6.19. The van der Waals surface area contributed by atoms with Crippen molar-refractivity contribution in [3.8, 4) is 11.5 Å². The van der Waals surface area contributed by atoms with E-state index in [1.807, 2.05) is 69.3 Å². The fourth-order valence-electron chi connectivity index (χ4n) is 4.76. The van der Waals surface area contributed by atoms with E-state index in [4.69, 9.17) is 9.47 Å². The maximum atomic E-state index is 13.4. The molecule has 5 rings (SSSR count). The Balaban J connectivity index is 1.68. The molecule has 1 N–H and O–H groups in total. The van der Waals surface area contributed by atoms with E-state index in [9.17, 15) is 14.7 Å². The summed E-state index contributed by atoms with van der Waals surface area (Å²) in [5, 5.41) is 11.4. The smallest absolute Gasteiger partial charge is 0.300 e. The summed E-state index contributed by atoms with van der Waals surface area (Å²) >= 11 is 0. The van der Waals surface area contributed by atoms with E-state index in [1.54, 1.807) is 24.3 Å². The third-order valence-electron chi connectivity index (χ3n) is 6.19. The number of ketones is 1. The van der Waals surface area contributed by atoms with Crippen LogP contribution in [0.1, 0.15) is 43.5 Å². The number of fused-ring (bicyclic) bond motifs is 1. The summed E-state index contributed by atoms with van der Waals surface area (Å²) in [5.41, 5.74) is 2.73. The number of rotatable bonds is 5. The normalized spacial score (nSPS) is 20.7. The molecule has 0 aromatic heterocycles. The molecule has 0 radical (unpaired) electrons. The zero-order valence-corrected chi connectivity index (χ0v) is 19.9. The number of ether oxygens (including phenoxy) is 2. The molecule has 2 heterocycles. The van der Waals surface area contributed by atoms with Gasteiger partial charge in [0.15, 0.2) is 0 Å². The zero-order chi connectivity index (χ0) is 24.7. The van der Waals surface area contributed by atoms with E-state index in [1.165, 1.54) is 4.90 Å². The van der Waals surface area contributed by atoms with E-state index < -0.39 is 17.7 Å². The van der Waals surface area contributed by atoms with Crippen LogP contribution < -0.4 is 14.4 Å². The van der Waals surface area contributed by atoms with Gasteiger partial charge in [-0.05, 0) is 74.4 Å². The summed E-state index contributed by atoms with van der Waals surface area (Å²) in [6.07, 6.45) is 0.726. The van der Waals surface area contributed by atoms with E-state index in [0.29, 0.717) is 29.0 Å². The number of hydrogen-bond donors (Lipinski definition) is 1. The summed E-state index contributed by atoms with van der Waals surface area (Å²) in [7, 11) is 0.